The normalized spacial score (nSPS) is 19.8. The van der Waals surface area contributed by atoms with E-state index in [1.807, 2.05) is 58.9 Å². The Labute approximate surface area is 188 Å². The van der Waals surface area contributed by atoms with Gasteiger partial charge in [-0.2, -0.15) is 0 Å². The summed E-state index contributed by atoms with van der Waals surface area (Å²) in [6, 6.07) is 6.15. The first kappa shape index (κ1) is 23.7. The van der Waals surface area contributed by atoms with Gasteiger partial charge in [0.2, 0.25) is 11.8 Å². The molecule has 3 atom stereocenters. The summed E-state index contributed by atoms with van der Waals surface area (Å²) in [5.74, 6) is 0.128. The number of aromatic nitrogens is 3. The van der Waals surface area contributed by atoms with Crippen LogP contribution >= 0.6 is 0 Å². The van der Waals surface area contributed by atoms with Gasteiger partial charge in [0.25, 0.3) is 0 Å². The zero-order valence-corrected chi connectivity index (χ0v) is 19.6. The molecule has 0 unspecified atom stereocenters. The molecule has 32 heavy (non-hydrogen) atoms. The van der Waals surface area contributed by atoms with Crippen molar-refractivity contribution in [2.45, 2.75) is 65.3 Å². The summed E-state index contributed by atoms with van der Waals surface area (Å²) in [4.78, 5) is 27.4. The predicted molar refractivity (Wildman–Crippen MR) is 120 cm³/mol. The van der Waals surface area contributed by atoms with E-state index in [0.29, 0.717) is 11.4 Å². The van der Waals surface area contributed by atoms with Crippen LogP contribution in [0.1, 0.15) is 47.1 Å². The number of nitrogens with zero attached hydrogens (tertiary/aromatic N) is 4. The lowest BCUT2D eigenvalue weighted by Gasteiger charge is -2.34. The molecule has 0 radical (unpaired) electrons. The van der Waals surface area contributed by atoms with Crippen LogP contribution in [0.5, 0.6) is 5.75 Å². The highest BCUT2D eigenvalue weighted by Gasteiger charge is 2.45. The van der Waals surface area contributed by atoms with E-state index in [4.69, 9.17) is 4.74 Å². The molecule has 1 fully saturated rings. The molecule has 2 N–H and O–H groups in total. The third kappa shape index (κ3) is 4.93. The van der Waals surface area contributed by atoms with E-state index in [-0.39, 0.29) is 30.9 Å². The van der Waals surface area contributed by atoms with E-state index in [2.05, 4.69) is 15.6 Å². The summed E-state index contributed by atoms with van der Waals surface area (Å²) < 4.78 is 7.46. The number of likely N-dealkylation sites (N-methyl/N-ethyl adjacent to an activating group) is 1. The number of aliphatic hydroxyl groups excluding tert-OH is 1. The summed E-state index contributed by atoms with van der Waals surface area (Å²) in [7, 11) is 1.53. The number of rotatable bonds is 6. The van der Waals surface area contributed by atoms with Gasteiger partial charge in [0.1, 0.15) is 23.5 Å². The van der Waals surface area contributed by atoms with E-state index in [1.165, 1.54) is 11.9 Å². The number of likely N-dealkylation sites (tertiary alicyclic amines) is 1. The highest BCUT2D eigenvalue weighted by Crippen LogP contribution is 2.36. The molecule has 1 aromatic heterocycles. The average molecular weight is 444 g/mol. The fraction of sp³-hybridized carbons (Fsp3) is 0.565. The Bertz CT molecular complexity index is 965. The van der Waals surface area contributed by atoms with Gasteiger partial charge in [-0.1, -0.05) is 38.1 Å². The minimum atomic E-state index is -0.742. The monoisotopic (exact) mass is 443 g/mol. The summed E-state index contributed by atoms with van der Waals surface area (Å²) in [6.45, 7) is 9.83. The van der Waals surface area contributed by atoms with Crippen molar-refractivity contribution in [3.63, 3.8) is 0 Å². The highest BCUT2D eigenvalue weighted by atomic mass is 16.5. The minimum absolute atomic E-state index is 0.00154. The molecule has 1 saturated heterocycles. The van der Waals surface area contributed by atoms with Gasteiger partial charge in [-0.05, 0) is 31.4 Å². The number of aliphatic hydroxyl groups is 1. The second-order valence-electron chi connectivity index (χ2n) is 9.53. The lowest BCUT2D eigenvalue weighted by atomic mass is 9.85. The standard InChI is InChI=1S/C23H33N5O4/c1-14(2)32-19-10-8-7-9-16(19)17-13-28(26-25-17)20(23(3,4)5)22(31)27-12-15(29)11-18(27)21(30)24-6/h7-10,13-15,18,20,29H,11-12H2,1-6H3,(H,24,30)/t15-,18+,20-/m1/s1. The number of hydrogen-bond donors (Lipinski definition) is 2. The van der Waals surface area contributed by atoms with Crippen molar-refractivity contribution in [3.8, 4) is 17.0 Å². The van der Waals surface area contributed by atoms with Gasteiger partial charge >= 0.3 is 0 Å². The fourth-order valence-electron chi connectivity index (χ4n) is 4.07. The van der Waals surface area contributed by atoms with Crippen LogP contribution in [0.25, 0.3) is 11.3 Å². The highest BCUT2D eigenvalue weighted by molar-refractivity contribution is 5.90. The third-order valence-corrected chi connectivity index (χ3v) is 5.47. The molecule has 3 rings (SSSR count). The van der Waals surface area contributed by atoms with Crippen LogP contribution in [-0.2, 0) is 9.59 Å². The maximum absolute atomic E-state index is 13.6. The molecule has 2 amide bonds. The number of para-hydroxylation sites is 1. The van der Waals surface area contributed by atoms with Crippen LogP contribution < -0.4 is 10.1 Å². The Morgan fingerprint density at radius 2 is 1.94 bits per heavy atom. The van der Waals surface area contributed by atoms with Gasteiger partial charge < -0.3 is 20.1 Å². The predicted octanol–water partition coefficient (Wildman–Crippen LogP) is 2.03. The van der Waals surface area contributed by atoms with E-state index in [9.17, 15) is 14.7 Å². The van der Waals surface area contributed by atoms with Crippen molar-refractivity contribution >= 4 is 11.8 Å². The summed E-state index contributed by atoms with van der Waals surface area (Å²) >= 11 is 0. The minimum Gasteiger partial charge on any atom is -0.490 e. The van der Waals surface area contributed by atoms with E-state index in [1.54, 1.807) is 10.9 Å². The molecule has 1 aromatic carbocycles. The number of β-amino-alcohol motifs (C(OH)–C–C–N with tert-alkyl or cyclic N) is 1. The van der Waals surface area contributed by atoms with Crippen LogP contribution in [0.2, 0.25) is 0 Å². The first-order valence-corrected chi connectivity index (χ1v) is 10.9. The Morgan fingerprint density at radius 1 is 1.25 bits per heavy atom. The van der Waals surface area contributed by atoms with Crippen molar-refractivity contribution in [1.82, 2.24) is 25.2 Å². The van der Waals surface area contributed by atoms with Crippen molar-refractivity contribution in [3.05, 3.63) is 30.5 Å². The zero-order valence-electron chi connectivity index (χ0n) is 19.6. The molecule has 1 aliphatic heterocycles. The maximum atomic E-state index is 13.6. The average Bonchev–Trinajstić information content (AvgIpc) is 3.33. The Kier molecular flexibility index (Phi) is 6.88. The zero-order chi connectivity index (χ0) is 23.6. The molecule has 9 nitrogen and oxygen atoms in total. The van der Waals surface area contributed by atoms with Gasteiger partial charge in [0.15, 0.2) is 0 Å². The number of ether oxygens (including phenoxy) is 1. The van der Waals surface area contributed by atoms with Crippen molar-refractivity contribution in [2.75, 3.05) is 13.6 Å². The lowest BCUT2D eigenvalue weighted by Crippen LogP contribution is -2.49. The second-order valence-corrected chi connectivity index (χ2v) is 9.53. The van der Waals surface area contributed by atoms with E-state index in [0.717, 1.165) is 5.56 Å². The van der Waals surface area contributed by atoms with Crippen molar-refractivity contribution in [2.24, 2.45) is 5.41 Å². The van der Waals surface area contributed by atoms with Crippen LogP contribution in [0.4, 0.5) is 0 Å². The summed E-state index contributed by atoms with van der Waals surface area (Å²) in [6.07, 6.45) is 1.20. The van der Waals surface area contributed by atoms with Crippen LogP contribution in [0.15, 0.2) is 30.5 Å². The van der Waals surface area contributed by atoms with Gasteiger partial charge in [0.05, 0.1) is 18.4 Å². The Balaban J connectivity index is 1.97. The van der Waals surface area contributed by atoms with E-state index >= 15 is 0 Å². The molecule has 174 valence electrons. The first-order valence-electron chi connectivity index (χ1n) is 10.9. The maximum Gasteiger partial charge on any atom is 0.248 e. The molecule has 2 heterocycles. The van der Waals surface area contributed by atoms with Crippen LogP contribution in [0.3, 0.4) is 0 Å². The van der Waals surface area contributed by atoms with Crippen LogP contribution in [-0.4, -0.2) is 68.7 Å². The molecule has 0 saturated carbocycles. The molecule has 0 spiro atoms. The number of carbonyl (C=O) groups is 2. The molecule has 9 heteroatoms. The lowest BCUT2D eigenvalue weighted by molar-refractivity contribution is -0.144. The molecule has 1 aliphatic rings. The Morgan fingerprint density at radius 3 is 2.56 bits per heavy atom. The van der Waals surface area contributed by atoms with Gasteiger partial charge in [0, 0.05) is 25.6 Å². The molecular formula is C23H33N5O4. The molecular weight excluding hydrogens is 410 g/mol. The van der Waals surface area contributed by atoms with Crippen LogP contribution in [0, 0.1) is 5.41 Å². The first-order chi connectivity index (χ1) is 15.0. The molecule has 0 aliphatic carbocycles. The topological polar surface area (TPSA) is 110 Å². The second kappa shape index (κ2) is 9.28. The summed E-state index contributed by atoms with van der Waals surface area (Å²) in [5, 5.41) is 21.3. The van der Waals surface area contributed by atoms with Crippen molar-refractivity contribution < 1.29 is 19.4 Å². The number of benzene rings is 1. The molecule has 0 bridgehead atoms. The number of amides is 2. The van der Waals surface area contributed by atoms with Gasteiger partial charge in [-0.15, -0.1) is 5.10 Å². The van der Waals surface area contributed by atoms with E-state index < -0.39 is 23.6 Å². The third-order valence-electron chi connectivity index (χ3n) is 5.47. The number of carbonyl (C=O) groups excluding carboxylic acids is 2. The summed E-state index contributed by atoms with van der Waals surface area (Å²) in [5.41, 5.74) is 0.858. The SMILES string of the molecule is CNC(=O)[C@@H]1C[C@@H](O)CN1C(=O)[C@@H](n1cc(-c2ccccc2OC(C)C)nn1)C(C)(C)C. The van der Waals surface area contributed by atoms with Crippen molar-refractivity contribution in [1.29, 1.82) is 0 Å². The molecule has 2 aromatic rings. The largest absolute Gasteiger partial charge is 0.490 e. The number of hydrogen-bond acceptors (Lipinski definition) is 6. The quantitative estimate of drug-likeness (QED) is 0.707. The number of nitrogens with one attached hydrogen (secondary N) is 1. The smallest absolute Gasteiger partial charge is 0.248 e. The van der Waals surface area contributed by atoms with Gasteiger partial charge in [-0.25, -0.2) is 4.68 Å². The Hall–Kier alpha value is -2.94. The van der Waals surface area contributed by atoms with Gasteiger partial charge in [-0.3, -0.25) is 9.59 Å². The fourth-order valence-corrected chi connectivity index (χ4v) is 4.07.